The van der Waals surface area contributed by atoms with E-state index in [0.717, 1.165) is 5.56 Å². The van der Waals surface area contributed by atoms with Crippen molar-refractivity contribution >= 4 is 81.6 Å². The van der Waals surface area contributed by atoms with Crippen LogP contribution in [-0.4, -0.2) is 116 Å². The first-order valence-corrected chi connectivity index (χ1v) is 22.0. The second kappa shape index (κ2) is 25.0. The molecule has 3 aromatic rings. The molecule has 0 spiro atoms. The van der Waals surface area contributed by atoms with Crippen LogP contribution in [0.25, 0.3) is 33.4 Å². The summed E-state index contributed by atoms with van der Waals surface area (Å²) in [6.45, 7) is 0.0636. The van der Waals surface area contributed by atoms with Crippen molar-refractivity contribution < 1.29 is 68.3 Å². The number of fused-ring (bicyclic) bond motifs is 2. The van der Waals surface area contributed by atoms with E-state index in [0.29, 0.717) is 27.8 Å². The molecule has 23 heteroatoms. The van der Waals surface area contributed by atoms with Crippen LogP contribution in [0.15, 0.2) is 94.1 Å². The van der Waals surface area contributed by atoms with Crippen molar-refractivity contribution in [2.24, 2.45) is 0 Å². The maximum atomic E-state index is 13.3. The third kappa shape index (κ3) is 15.5. The number of hydrogen-bond donors (Lipinski definition) is 12. The number of benzene rings is 4. The van der Waals surface area contributed by atoms with Gasteiger partial charge >= 0.3 is 29.9 Å². The number of carboxylic acid groups (broad SMARTS) is 4. The van der Waals surface area contributed by atoms with Crippen molar-refractivity contribution in [3.05, 3.63) is 106 Å². The molecular weight excluding hydrogens is 935 g/mol. The standard InChI is InChI=1S/C47H49N7O15S/c55-27-9-12-30-36(23-27)69-37-24-28(56)10-13-31(37)41(30)29-11-8-26(22-32(29)43(62)63)51-47(70)50-18-4-7-39(58)52-35(21-25-5-2-1-3-6-25)42(61)49-20-19-48-38(57)16-14-33(44(64)65)53-46(68)54-34(45(66)67)15-17-40(59)60/h1-3,5-6,8-13,22-24,33-35,55H,4,7,14-21H2,(H,48,57)(H,49,61)(H,52,58)(H,59,60)(H,62,63)(H,64,65)(H,66,67)(H2,50,51,70)(H2,53,54,68)/t33-,34-,35-/m0/s1. The Bertz CT molecular complexity index is 2800. The van der Waals surface area contributed by atoms with Crippen molar-refractivity contribution in [2.75, 3.05) is 25.0 Å². The lowest BCUT2D eigenvalue weighted by molar-refractivity contribution is -0.141. The summed E-state index contributed by atoms with van der Waals surface area (Å²) in [4.78, 5) is 110. The number of aromatic hydroxyl groups is 1. The quantitative estimate of drug-likeness (QED) is 0.0240. The Hall–Kier alpha value is -8.60. The number of anilines is 1. The lowest BCUT2D eigenvalue weighted by Gasteiger charge is -2.19. The number of thiocarbonyl (C=S) groups is 1. The largest absolute Gasteiger partial charge is 0.508 e. The fourth-order valence-corrected chi connectivity index (χ4v) is 7.35. The van der Waals surface area contributed by atoms with E-state index in [2.05, 4.69) is 31.9 Å². The normalized spacial score (nSPS) is 12.1. The molecule has 0 unspecified atom stereocenters. The highest BCUT2D eigenvalue weighted by molar-refractivity contribution is 7.80. The van der Waals surface area contributed by atoms with Gasteiger partial charge in [-0.05, 0) is 79.0 Å². The third-order valence-electron chi connectivity index (χ3n) is 10.5. The second-order valence-corrected chi connectivity index (χ2v) is 16.1. The van der Waals surface area contributed by atoms with Crippen LogP contribution in [0.2, 0.25) is 0 Å². The zero-order valence-electron chi connectivity index (χ0n) is 37.1. The summed E-state index contributed by atoms with van der Waals surface area (Å²) in [5.41, 5.74) is 2.20. The van der Waals surface area contributed by atoms with Crippen LogP contribution >= 0.6 is 12.2 Å². The van der Waals surface area contributed by atoms with Crippen molar-refractivity contribution in [1.29, 1.82) is 0 Å². The number of carboxylic acids is 4. The Morgan fingerprint density at radius 1 is 0.643 bits per heavy atom. The van der Waals surface area contributed by atoms with Gasteiger partial charge in [-0.15, -0.1) is 0 Å². The minimum atomic E-state index is -1.60. The molecule has 2 aliphatic rings. The van der Waals surface area contributed by atoms with Gasteiger partial charge in [0.15, 0.2) is 10.5 Å². The molecule has 70 heavy (non-hydrogen) atoms. The number of aromatic carboxylic acids is 1. The molecule has 12 N–H and O–H groups in total. The zero-order valence-corrected chi connectivity index (χ0v) is 37.9. The Balaban J connectivity index is 1.09. The van der Waals surface area contributed by atoms with Gasteiger partial charge in [0.25, 0.3) is 0 Å². The summed E-state index contributed by atoms with van der Waals surface area (Å²) in [5, 5.41) is 66.4. The summed E-state index contributed by atoms with van der Waals surface area (Å²) in [6.07, 6.45) is -1.39. The summed E-state index contributed by atoms with van der Waals surface area (Å²) in [5.74, 6) is -7.08. The van der Waals surface area contributed by atoms with Gasteiger partial charge < -0.3 is 67.2 Å². The number of amides is 5. The van der Waals surface area contributed by atoms with E-state index >= 15 is 0 Å². The van der Waals surface area contributed by atoms with Crippen LogP contribution in [0.1, 0.15) is 54.4 Å². The highest BCUT2D eigenvalue weighted by atomic mass is 32.1. The summed E-state index contributed by atoms with van der Waals surface area (Å²) >= 11 is 5.44. The maximum Gasteiger partial charge on any atom is 0.336 e. The number of rotatable bonds is 24. The molecule has 0 saturated heterocycles. The predicted octanol–water partition coefficient (Wildman–Crippen LogP) is 2.85. The molecule has 3 atom stereocenters. The van der Waals surface area contributed by atoms with Gasteiger partial charge in [0, 0.05) is 79.7 Å². The Morgan fingerprint density at radius 3 is 1.99 bits per heavy atom. The van der Waals surface area contributed by atoms with Crippen LogP contribution in [-0.2, 0) is 35.2 Å². The van der Waals surface area contributed by atoms with E-state index in [9.17, 15) is 63.6 Å². The number of hydrogen-bond acceptors (Lipinski definition) is 12. The molecule has 0 saturated carbocycles. The van der Waals surface area contributed by atoms with Crippen molar-refractivity contribution in [3.63, 3.8) is 0 Å². The van der Waals surface area contributed by atoms with Crippen LogP contribution in [0.4, 0.5) is 10.5 Å². The minimum absolute atomic E-state index is 0.0162. The van der Waals surface area contributed by atoms with E-state index in [-0.39, 0.29) is 84.9 Å². The molecule has 0 bridgehead atoms. The molecule has 5 rings (SSSR count). The molecular formula is C47H49N7O15S. The zero-order chi connectivity index (χ0) is 50.9. The monoisotopic (exact) mass is 983 g/mol. The van der Waals surface area contributed by atoms with Gasteiger partial charge in [-0.25, -0.2) is 19.2 Å². The molecule has 5 amide bonds. The summed E-state index contributed by atoms with van der Waals surface area (Å²) < 4.78 is 5.89. The smallest absolute Gasteiger partial charge is 0.336 e. The molecule has 0 fully saturated rings. The van der Waals surface area contributed by atoms with E-state index in [1.54, 1.807) is 54.6 Å². The molecule has 368 valence electrons. The van der Waals surface area contributed by atoms with Crippen LogP contribution < -0.4 is 42.6 Å². The minimum Gasteiger partial charge on any atom is -0.508 e. The molecule has 1 heterocycles. The number of aliphatic carboxylic acids is 3. The van der Waals surface area contributed by atoms with Gasteiger partial charge in [0.1, 0.15) is 35.2 Å². The van der Waals surface area contributed by atoms with Crippen molar-refractivity contribution in [2.45, 2.75) is 63.1 Å². The van der Waals surface area contributed by atoms with E-state index in [4.69, 9.17) is 21.7 Å². The van der Waals surface area contributed by atoms with Gasteiger partial charge in [0.05, 0.1) is 5.56 Å². The number of nitrogens with one attached hydrogen (secondary N) is 7. The Labute approximate surface area is 403 Å². The molecule has 0 radical (unpaired) electrons. The number of phenolic OH excluding ortho intramolecular Hbond substituents is 1. The number of carbonyl (C=O) groups is 8. The SMILES string of the molecule is O=C(O)CC[C@H](NC(=O)N[C@@H](CCC(=O)NCCNC(=O)[C@H](Cc1ccccc1)NC(=O)CCCNC(=S)Nc1ccc(-c2c3ccc(=O)cc-3oc3cc(O)ccc23)c(C(=O)O)c1)C(=O)O)C(=O)O. The maximum absolute atomic E-state index is 13.3. The molecule has 1 aliphatic heterocycles. The van der Waals surface area contributed by atoms with Crippen molar-refractivity contribution in [3.8, 4) is 28.2 Å². The molecule has 3 aromatic carbocycles. The van der Waals surface area contributed by atoms with E-state index in [1.165, 1.54) is 30.3 Å². The predicted molar refractivity (Wildman–Crippen MR) is 255 cm³/mol. The van der Waals surface area contributed by atoms with Gasteiger partial charge in [-0.2, -0.15) is 0 Å². The Kier molecular flexibility index (Phi) is 18.7. The number of carbonyl (C=O) groups excluding carboxylic acids is 4. The lowest BCUT2D eigenvalue weighted by Crippen LogP contribution is -2.51. The van der Waals surface area contributed by atoms with Gasteiger partial charge in [0.2, 0.25) is 17.7 Å². The number of phenols is 1. The number of urea groups is 1. The van der Waals surface area contributed by atoms with Crippen LogP contribution in [0.3, 0.4) is 0 Å². The average Bonchev–Trinajstić information content (AvgIpc) is 3.30. The topological polar surface area (TPSA) is 352 Å². The highest BCUT2D eigenvalue weighted by Crippen LogP contribution is 2.42. The molecule has 22 nitrogen and oxygen atoms in total. The molecule has 0 aromatic heterocycles. The fraction of sp³-hybridized carbons (Fsp3) is 0.277. The van der Waals surface area contributed by atoms with Crippen LogP contribution in [0, 0.1) is 0 Å². The molecule has 1 aliphatic carbocycles. The first kappa shape index (κ1) is 52.4. The second-order valence-electron chi connectivity index (χ2n) is 15.7. The van der Waals surface area contributed by atoms with E-state index in [1.807, 2.05) is 5.32 Å². The first-order valence-electron chi connectivity index (χ1n) is 21.6. The summed E-state index contributed by atoms with van der Waals surface area (Å²) in [7, 11) is 0. The van der Waals surface area contributed by atoms with Gasteiger partial charge in [-0.3, -0.25) is 24.0 Å². The van der Waals surface area contributed by atoms with Crippen LogP contribution in [0.5, 0.6) is 5.75 Å². The van der Waals surface area contributed by atoms with Gasteiger partial charge in [-0.1, -0.05) is 36.4 Å². The lowest BCUT2D eigenvalue weighted by atomic mass is 9.90. The highest BCUT2D eigenvalue weighted by Gasteiger charge is 2.27. The first-order chi connectivity index (χ1) is 33.4. The third-order valence-corrected chi connectivity index (χ3v) is 10.8. The Morgan fingerprint density at radius 2 is 1.31 bits per heavy atom. The van der Waals surface area contributed by atoms with E-state index < -0.39 is 78.6 Å². The van der Waals surface area contributed by atoms with Crippen molar-refractivity contribution in [1.82, 2.24) is 31.9 Å². The fourth-order valence-electron chi connectivity index (χ4n) is 7.13. The average molecular weight is 984 g/mol. The summed E-state index contributed by atoms with van der Waals surface area (Å²) in [6, 6.07) is 16.7.